The number of nitrogen functional groups attached to an aromatic ring is 1. The van der Waals surface area contributed by atoms with Gasteiger partial charge >= 0.3 is 0 Å². The van der Waals surface area contributed by atoms with Crippen LogP contribution >= 0.6 is 27.5 Å². The Hall–Kier alpha value is -1.24. The van der Waals surface area contributed by atoms with Crippen molar-refractivity contribution in [2.75, 3.05) is 5.43 Å². The molecule has 0 aliphatic heterocycles. The lowest BCUT2D eigenvalue weighted by Gasteiger charge is -2.08. The first-order valence-electron chi connectivity index (χ1n) is 4.99. The van der Waals surface area contributed by atoms with Gasteiger partial charge in [0, 0.05) is 10.0 Å². The van der Waals surface area contributed by atoms with Crippen LogP contribution < -0.4 is 11.3 Å². The first kappa shape index (κ1) is 13.2. The molecule has 0 saturated carbocycles. The van der Waals surface area contributed by atoms with E-state index in [4.69, 9.17) is 17.4 Å². The van der Waals surface area contributed by atoms with Crippen molar-refractivity contribution in [1.29, 1.82) is 0 Å². The van der Waals surface area contributed by atoms with Crippen LogP contribution in [0.3, 0.4) is 0 Å². The van der Waals surface area contributed by atoms with Crippen molar-refractivity contribution in [2.45, 2.75) is 6.92 Å². The highest BCUT2D eigenvalue weighted by atomic mass is 79.9. The second kappa shape index (κ2) is 5.17. The molecule has 0 aliphatic carbocycles. The maximum atomic E-state index is 13.6. The summed E-state index contributed by atoms with van der Waals surface area (Å²) in [5, 5.41) is 0.471. The molecule has 0 fully saturated rings. The van der Waals surface area contributed by atoms with Crippen molar-refractivity contribution in [3.8, 4) is 11.4 Å². The number of hydrogen-bond donors (Lipinski definition) is 2. The van der Waals surface area contributed by atoms with Gasteiger partial charge in [0.15, 0.2) is 17.5 Å². The molecule has 0 spiro atoms. The number of anilines is 1. The molecule has 0 atom stereocenters. The highest BCUT2D eigenvalue weighted by molar-refractivity contribution is 9.10. The summed E-state index contributed by atoms with van der Waals surface area (Å²) in [6.45, 7) is 1.54. The molecule has 3 N–H and O–H groups in total. The third-order valence-electron chi connectivity index (χ3n) is 2.33. The van der Waals surface area contributed by atoms with E-state index in [0.717, 1.165) is 4.47 Å². The summed E-state index contributed by atoms with van der Waals surface area (Å²) in [7, 11) is 0. The van der Waals surface area contributed by atoms with Crippen LogP contribution in [0.15, 0.2) is 22.7 Å². The molecule has 2 aromatic rings. The quantitative estimate of drug-likeness (QED) is 0.655. The number of benzene rings is 1. The van der Waals surface area contributed by atoms with Crippen LogP contribution in [0.2, 0.25) is 5.02 Å². The normalized spacial score (nSPS) is 10.5. The van der Waals surface area contributed by atoms with Crippen molar-refractivity contribution < 1.29 is 4.39 Å². The Morgan fingerprint density at radius 1 is 1.39 bits per heavy atom. The van der Waals surface area contributed by atoms with Crippen molar-refractivity contribution in [3.63, 3.8) is 0 Å². The predicted octanol–water partition coefficient (Wildman–Crippen LogP) is 3.29. The molecule has 94 valence electrons. The Kier molecular flexibility index (Phi) is 3.79. The van der Waals surface area contributed by atoms with Gasteiger partial charge in [0.05, 0.1) is 10.7 Å². The smallest absolute Gasteiger partial charge is 0.187 e. The lowest BCUT2D eigenvalue weighted by molar-refractivity contribution is 0.606. The third kappa shape index (κ3) is 2.45. The maximum absolute atomic E-state index is 13.6. The van der Waals surface area contributed by atoms with E-state index in [9.17, 15) is 4.39 Å². The number of hydrazine groups is 1. The second-order valence-electron chi connectivity index (χ2n) is 3.56. The molecular weight excluding hydrogens is 323 g/mol. The molecule has 7 heteroatoms. The van der Waals surface area contributed by atoms with E-state index >= 15 is 0 Å². The minimum atomic E-state index is -0.575. The SMILES string of the molecule is Cc1nc(-c2ccc(Br)cc2Cl)nc(NN)c1F. The summed E-state index contributed by atoms with van der Waals surface area (Å²) in [6, 6.07) is 5.27. The van der Waals surface area contributed by atoms with Gasteiger partial charge in [-0.2, -0.15) is 0 Å². The highest BCUT2D eigenvalue weighted by Gasteiger charge is 2.13. The predicted molar refractivity (Wildman–Crippen MR) is 72.7 cm³/mol. The van der Waals surface area contributed by atoms with Crippen molar-refractivity contribution >= 4 is 33.3 Å². The third-order valence-corrected chi connectivity index (χ3v) is 3.13. The van der Waals surface area contributed by atoms with E-state index in [2.05, 4.69) is 31.3 Å². The van der Waals surface area contributed by atoms with Crippen LogP contribution in [-0.4, -0.2) is 9.97 Å². The molecule has 18 heavy (non-hydrogen) atoms. The van der Waals surface area contributed by atoms with Gasteiger partial charge in [0.25, 0.3) is 0 Å². The van der Waals surface area contributed by atoms with E-state index in [1.807, 2.05) is 0 Å². The number of aryl methyl sites for hydroxylation is 1. The molecule has 1 aromatic carbocycles. The monoisotopic (exact) mass is 330 g/mol. The Labute approximate surface area is 116 Å². The molecule has 1 aromatic heterocycles. The number of hydrogen-bond acceptors (Lipinski definition) is 4. The molecule has 1 heterocycles. The van der Waals surface area contributed by atoms with Crippen LogP contribution in [0.1, 0.15) is 5.69 Å². The van der Waals surface area contributed by atoms with Crippen LogP contribution in [0.25, 0.3) is 11.4 Å². The zero-order valence-electron chi connectivity index (χ0n) is 9.34. The molecule has 0 amide bonds. The fraction of sp³-hybridized carbons (Fsp3) is 0.0909. The van der Waals surface area contributed by atoms with Crippen molar-refractivity contribution in [3.05, 3.63) is 39.2 Å². The minimum Gasteiger partial charge on any atom is -0.306 e. The highest BCUT2D eigenvalue weighted by Crippen LogP contribution is 2.29. The van der Waals surface area contributed by atoms with E-state index < -0.39 is 5.82 Å². The second-order valence-corrected chi connectivity index (χ2v) is 4.89. The van der Waals surface area contributed by atoms with Crippen LogP contribution in [0.5, 0.6) is 0 Å². The molecule has 0 radical (unpaired) electrons. The number of nitrogens with zero attached hydrogens (tertiary/aromatic N) is 2. The van der Waals surface area contributed by atoms with Gasteiger partial charge in [0.2, 0.25) is 0 Å². The molecule has 0 unspecified atom stereocenters. The topological polar surface area (TPSA) is 63.8 Å². The van der Waals surface area contributed by atoms with E-state index in [0.29, 0.717) is 16.4 Å². The molecule has 0 aliphatic rings. The first-order chi connectivity index (χ1) is 8.52. The van der Waals surface area contributed by atoms with Gasteiger partial charge in [0.1, 0.15) is 0 Å². The average Bonchev–Trinajstić information content (AvgIpc) is 2.32. The minimum absolute atomic E-state index is 0.0588. The Bertz CT molecular complexity index is 606. The molecular formula is C11H9BrClFN4. The zero-order valence-corrected chi connectivity index (χ0v) is 11.7. The number of halogens is 3. The van der Waals surface area contributed by atoms with Crippen molar-refractivity contribution in [1.82, 2.24) is 9.97 Å². The first-order valence-corrected chi connectivity index (χ1v) is 6.16. The van der Waals surface area contributed by atoms with Gasteiger partial charge in [-0.25, -0.2) is 20.2 Å². The van der Waals surface area contributed by atoms with E-state index in [1.165, 1.54) is 6.92 Å². The van der Waals surface area contributed by atoms with Crippen LogP contribution in [0.4, 0.5) is 10.2 Å². The van der Waals surface area contributed by atoms with Crippen molar-refractivity contribution in [2.24, 2.45) is 5.84 Å². The summed E-state index contributed by atoms with van der Waals surface area (Å²) in [5.41, 5.74) is 3.01. The summed E-state index contributed by atoms with van der Waals surface area (Å²) < 4.78 is 14.4. The lowest BCUT2D eigenvalue weighted by Crippen LogP contribution is -2.13. The Balaban J connectivity index is 2.60. The standard InChI is InChI=1S/C11H9BrClFN4/c1-5-9(14)11(18-15)17-10(16-5)7-3-2-6(12)4-8(7)13/h2-4H,15H2,1H3,(H,16,17,18). The van der Waals surface area contributed by atoms with Gasteiger partial charge in [-0.15, -0.1) is 0 Å². The molecule has 0 bridgehead atoms. The van der Waals surface area contributed by atoms with Crippen LogP contribution in [0, 0.1) is 12.7 Å². The maximum Gasteiger partial charge on any atom is 0.187 e. The number of nitrogens with one attached hydrogen (secondary N) is 1. The van der Waals surface area contributed by atoms with E-state index in [1.54, 1.807) is 18.2 Å². The summed E-state index contributed by atoms with van der Waals surface area (Å²) in [6.07, 6.45) is 0. The number of rotatable bonds is 2. The van der Waals surface area contributed by atoms with Gasteiger partial charge in [-0.3, -0.25) is 0 Å². The molecule has 4 nitrogen and oxygen atoms in total. The fourth-order valence-electron chi connectivity index (χ4n) is 1.45. The average molecular weight is 332 g/mol. The van der Waals surface area contributed by atoms with Crippen LogP contribution in [-0.2, 0) is 0 Å². The largest absolute Gasteiger partial charge is 0.306 e. The summed E-state index contributed by atoms with van der Waals surface area (Å²) in [5.74, 6) is 4.89. The number of nitrogens with two attached hydrogens (primary N) is 1. The van der Waals surface area contributed by atoms with Gasteiger partial charge < -0.3 is 5.43 Å². The van der Waals surface area contributed by atoms with Gasteiger partial charge in [-0.05, 0) is 25.1 Å². The lowest BCUT2D eigenvalue weighted by atomic mass is 10.2. The summed E-state index contributed by atoms with van der Waals surface area (Å²) >= 11 is 9.40. The number of aromatic nitrogens is 2. The Morgan fingerprint density at radius 3 is 2.72 bits per heavy atom. The molecule has 0 saturated heterocycles. The Morgan fingerprint density at radius 2 is 2.11 bits per heavy atom. The molecule has 2 rings (SSSR count). The summed E-state index contributed by atoms with van der Waals surface area (Å²) in [4.78, 5) is 8.05. The van der Waals surface area contributed by atoms with Gasteiger partial charge in [-0.1, -0.05) is 27.5 Å². The zero-order chi connectivity index (χ0) is 13.3. The van der Waals surface area contributed by atoms with E-state index in [-0.39, 0.29) is 11.5 Å². The fourth-order valence-corrected chi connectivity index (χ4v) is 2.20.